The standard InChI is InChI=1S/C15H24N2/c1-12(2)17(10-13-5-3-6-13)11-14-7-4-8-15(16)9-14/h4,7-9,12-13H,3,5-6,10-11,16H2,1-2H3. The van der Waals surface area contributed by atoms with Gasteiger partial charge in [-0.25, -0.2) is 0 Å². The van der Waals surface area contributed by atoms with E-state index in [1.165, 1.54) is 31.4 Å². The molecule has 94 valence electrons. The summed E-state index contributed by atoms with van der Waals surface area (Å²) in [4.78, 5) is 2.57. The van der Waals surface area contributed by atoms with Crippen LogP contribution in [0.4, 0.5) is 5.69 Å². The molecule has 2 rings (SSSR count). The molecule has 0 amide bonds. The fraction of sp³-hybridized carbons (Fsp3) is 0.600. The maximum absolute atomic E-state index is 5.83. The van der Waals surface area contributed by atoms with Gasteiger partial charge in [-0.15, -0.1) is 0 Å². The second-order valence-corrected chi connectivity index (χ2v) is 5.57. The average Bonchev–Trinajstić information content (AvgIpc) is 2.21. The van der Waals surface area contributed by atoms with Gasteiger partial charge in [0.2, 0.25) is 0 Å². The highest BCUT2D eigenvalue weighted by atomic mass is 15.1. The molecule has 1 aliphatic carbocycles. The highest BCUT2D eigenvalue weighted by molar-refractivity contribution is 5.40. The summed E-state index contributed by atoms with van der Waals surface area (Å²) in [6, 6.07) is 8.88. The van der Waals surface area contributed by atoms with E-state index in [-0.39, 0.29) is 0 Å². The molecule has 0 saturated heterocycles. The molecule has 0 aromatic heterocycles. The minimum Gasteiger partial charge on any atom is -0.399 e. The molecule has 2 nitrogen and oxygen atoms in total. The van der Waals surface area contributed by atoms with Crippen LogP contribution in [0.15, 0.2) is 24.3 Å². The van der Waals surface area contributed by atoms with Gasteiger partial charge >= 0.3 is 0 Å². The van der Waals surface area contributed by atoms with Crippen molar-refractivity contribution >= 4 is 5.69 Å². The smallest absolute Gasteiger partial charge is 0.0317 e. The lowest BCUT2D eigenvalue weighted by atomic mass is 9.85. The van der Waals surface area contributed by atoms with E-state index in [4.69, 9.17) is 5.73 Å². The van der Waals surface area contributed by atoms with Crippen LogP contribution in [0.2, 0.25) is 0 Å². The van der Waals surface area contributed by atoms with Gasteiger partial charge in [-0.1, -0.05) is 18.6 Å². The van der Waals surface area contributed by atoms with E-state index >= 15 is 0 Å². The van der Waals surface area contributed by atoms with Crippen molar-refractivity contribution in [3.8, 4) is 0 Å². The molecule has 0 unspecified atom stereocenters. The number of hydrogen-bond acceptors (Lipinski definition) is 2. The number of rotatable bonds is 5. The molecule has 0 bridgehead atoms. The molecule has 0 aliphatic heterocycles. The molecule has 1 aromatic rings. The molecule has 1 saturated carbocycles. The van der Waals surface area contributed by atoms with Crippen molar-refractivity contribution in [2.75, 3.05) is 12.3 Å². The minimum atomic E-state index is 0.608. The zero-order valence-electron chi connectivity index (χ0n) is 11.0. The number of hydrogen-bond donors (Lipinski definition) is 1. The summed E-state index contributed by atoms with van der Waals surface area (Å²) in [5, 5.41) is 0. The van der Waals surface area contributed by atoms with Gasteiger partial charge in [0, 0.05) is 24.8 Å². The van der Waals surface area contributed by atoms with Crippen LogP contribution in [-0.4, -0.2) is 17.5 Å². The third kappa shape index (κ3) is 3.47. The van der Waals surface area contributed by atoms with Crippen LogP contribution in [0.1, 0.15) is 38.7 Å². The second-order valence-electron chi connectivity index (χ2n) is 5.57. The molecule has 0 atom stereocenters. The third-order valence-corrected chi connectivity index (χ3v) is 3.78. The molecule has 1 aliphatic rings. The number of anilines is 1. The number of nitrogen functional groups attached to an aromatic ring is 1. The van der Waals surface area contributed by atoms with E-state index < -0.39 is 0 Å². The summed E-state index contributed by atoms with van der Waals surface area (Å²) in [6.07, 6.45) is 4.26. The SMILES string of the molecule is CC(C)N(Cc1cccc(N)c1)CC1CCC1. The predicted octanol–water partition coefficient (Wildman–Crippen LogP) is 3.28. The molecule has 17 heavy (non-hydrogen) atoms. The van der Waals surface area contributed by atoms with Gasteiger partial charge in [0.05, 0.1) is 0 Å². The molecule has 0 spiro atoms. The van der Waals surface area contributed by atoms with Crippen molar-refractivity contribution in [2.24, 2.45) is 5.92 Å². The van der Waals surface area contributed by atoms with Gasteiger partial charge in [0.25, 0.3) is 0 Å². The third-order valence-electron chi connectivity index (χ3n) is 3.78. The minimum absolute atomic E-state index is 0.608. The Kier molecular flexibility index (Phi) is 4.06. The molecule has 2 N–H and O–H groups in total. The summed E-state index contributed by atoms with van der Waals surface area (Å²) in [5.41, 5.74) is 8.03. The van der Waals surface area contributed by atoms with E-state index in [1.54, 1.807) is 0 Å². The molecular weight excluding hydrogens is 208 g/mol. The van der Waals surface area contributed by atoms with Gasteiger partial charge in [-0.05, 0) is 50.3 Å². The lowest BCUT2D eigenvalue weighted by molar-refractivity contribution is 0.140. The Morgan fingerprint density at radius 1 is 1.35 bits per heavy atom. The van der Waals surface area contributed by atoms with Crippen LogP contribution < -0.4 is 5.73 Å². The molecule has 0 radical (unpaired) electrons. The molecule has 1 aromatic carbocycles. The van der Waals surface area contributed by atoms with Crippen molar-refractivity contribution in [3.63, 3.8) is 0 Å². The largest absolute Gasteiger partial charge is 0.399 e. The van der Waals surface area contributed by atoms with Crippen LogP contribution in [0.5, 0.6) is 0 Å². The fourth-order valence-corrected chi connectivity index (χ4v) is 2.39. The van der Waals surface area contributed by atoms with E-state index in [1.807, 2.05) is 12.1 Å². The first-order valence-corrected chi connectivity index (χ1v) is 6.73. The van der Waals surface area contributed by atoms with Crippen LogP contribution in [0, 0.1) is 5.92 Å². The number of benzene rings is 1. The number of nitrogens with zero attached hydrogens (tertiary/aromatic N) is 1. The Balaban J connectivity index is 1.96. The number of nitrogens with two attached hydrogens (primary N) is 1. The Hall–Kier alpha value is -1.02. The average molecular weight is 232 g/mol. The first-order valence-electron chi connectivity index (χ1n) is 6.73. The monoisotopic (exact) mass is 232 g/mol. The highest BCUT2D eigenvalue weighted by Crippen LogP contribution is 2.28. The van der Waals surface area contributed by atoms with Crippen molar-refractivity contribution in [1.29, 1.82) is 0 Å². The summed E-state index contributed by atoms with van der Waals surface area (Å²) >= 11 is 0. The normalized spacial score (nSPS) is 16.5. The molecular formula is C15H24N2. The maximum Gasteiger partial charge on any atom is 0.0317 e. The summed E-state index contributed by atoms with van der Waals surface area (Å²) in [6.45, 7) is 6.83. The Morgan fingerprint density at radius 2 is 2.12 bits per heavy atom. The van der Waals surface area contributed by atoms with Gasteiger partial charge < -0.3 is 5.73 Å². The fourth-order valence-electron chi connectivity index (χ4n) is 2.39. The van der Waals surface area contributed by atoms with Crippen molar-refractivity contribution in [3.05, 3.63) is 29.8 Å². The second kappa shape index (κ2) is 5.54. The van der Waals surface area contributed by atoms with Crippen molar-refractivity contribution < 1.29 is 0 Å². The van der Waals surface area contributed by atoms with Gasteiger partial charge in [-0.2, -0.15) is 0 Å². The topological polar surface area (TPSA) is 29.3 Å². The van der Waals surface area contributed by atoms with Crippen LogP contribution in [0.25, 0.3) is 0 Å². The Bertz CT molecular complexity index is 356. The molecule has 0 heterocycles. The van der Waals surface area contributed by atoms with Gasteiger partial charge in [0.15, 0.2) is 0 Å². The van der Waals surface area contributed by atoms with Crippen LogP contribution >= 0.6 is 0 Å². The Labute approximate surface area is 105 Å². The van der Waals surface area contributed by atoms with Gasteiger partial charge in [0.1, 0.15) is 0 Å². The van der Waals surface area contributed by atoms with E-state index in [0.29, 0.717) is 6.04 Å². The quantitative estimate of drug-likeness (QED) is 0.789. The van der Waals surface area contributed by atoms with E-state index in [0.717, 1.165) is 18.2 Å². The zero-order chi connectivity index (χ0) is 12.3. The molecule has 2 heteroatoms. The van der Waals surface area contributed by atoms with E-state index in [2.05, 4.69) is 30.9 Å². The van der Waals surface area contributed by atoms with Crippen molar-refractivity contribution in [1.82, 2.24) is 4.90 Å². The van der Waals surface area contributed by atoms with Crippen LogP contribution in [-0.2, 0) is 6.54 Å². The van der Waals surface area contributed by atoms with Crippen molar-refractivity contribution in [2.45, 2.75) is 45.7 Å². The maximum atomic E-state index is 5.83. The zero-order valence-corrected chi connectivity index (χ0v) is 11.0. The summed E-state index contributed by atoms with van der Waals surface area (Å²) in [7, 11) is 0. The van der Waals surface area contributed by atoms with E-state index in [9.17, 15) is 0 Å². The predicted molar refractivity (Wildman–Crippen MR) is 73.7 cm³/mol. The van der Waals surface area contributed by atoms with Gasteiger partial charge in [-0.3, -0.25) is 4.90 Å². The summed E-state index contributed by atoms with van der Waals surface area (Å²) < 4.78 is 0. The Morgan fingerprint density at radius 3 is 2.65 bits per heavy atom. The van der Waals surface area contributed by atoms with Crippen LogP contribution in [0.3, 0.4) is 0 Å². The molecule has 1 fully saturated rings. The lowest BCUT2D eigenvalue weighted by Gasteiger charge is -2.34. The first kappa shape index (κ1) is 12.4. The summed E-state index contributed by atoms with van der Waals surface area (Å²) in [5.74, 6) is 0.929. The first-order chi connectivity index (χ1) is 8.15. The lowest BCUT2D eigenvalue weighted by Crippen LogP contribution is -2.36. The highest BCUT2D eigenvalue weighted by Gasteiger charge is 2.22.